The van der Waals surface area contributed by atoms with E-state index in [2.05, 4.69) is 12.2 Å². The van der Waals surface area contributed by atoms with Crippen LogP contribution >= 0.6 is 0 Å². The molecule has 1 aromatic carbocycles. The van der Waals surface area contributed by atoms with Crippen LogP contribution in [0.2, 0.25) is 0 Å². The summed E-state index contributed by atoms with van der Waals surface area (Å²) in [6, 6.07) is 7.54. The van der Waals surface area contributed by atoms with Gasteiger partial charge in [-0.3, -0.25) is 4.79 Å². The van der Waals surface area contributed by atoms with Crippen molar-refractivity contribution in [3.05, 3.63) is 35.9 Å². The van der Waals surface area contributed by atoms with Gasteiger partial charge in [-0.05, 0) is 80.8 Å². The van der Waals surface area contributed by atoms with Crippen molar-refractivity contribution < 1.29 is 19.1 Å². The highest BCUT2D eigenvalue weighted by molar-refractivity contribution is 5.89. The maximum atomic E-state index is 12.4. The Morgan fingerprint density at radius 2 is 1.76 bits per heavy atom. The lowest BCUT2D eigenvalue weighted by atomic mass is 9.48. The summed E-state index contributed by atoms with van der Waals surface area (Å²) in [4.78, 5) is 24.4. The lowest BCUT2D eigenvalue weighted by molar-refractivity contribution is -0.145. The fourth-order valence-corrected chi connectivity index (χ4v) is 6.29. The van der Waals surface area contributed by atoms with Crippen LogP contribution in [0.25, 0.3) is 6.08 Å². The minimum Gasteiger partial charge on any atom is -0.496 e. The molecule has 4 aliphatic rings. The summed E-state index contributed by atoms with van der Waals surface area (Å²) in [5.74, 6) is 2.47. The van der Waals surface area contributed by atoms with Gasteiger partial charge in [0, 0.05) is 17.7 Å². The van der Waals surface area contributed by atoms with Crippen molar-refractivity contribution in [1.29, 1.82) is 0 Å². The van der Waals surface area contributed by atoms with Crippen LogP contribution < -0.4 is 10.1 Å². The number of methoxy groups -OCH3 is 1. The third-order valence-electron chi connectivity index (χ3n) is 7.27. The molecule has 0 saturated heterocycles. The van der Waals surface area contributed by atoms with Gasteiger partial charge in [0.2, 0.25) is 0 Å². The minimum absolute atomic E-state index is 0.131. The molecule has 1 N–H and O–H groups in total. The van der Waals surface area contributed by atoms with E-state index in [0.29, 0.717) is 5.75 Å². The van der Waals surface area contributed by atoms with Crippen LogP contribution in [0.5, 0.6) is 5.75 Å². The number of ether oxygens (including phenoxy) is 2. The summed E-state index contributed by atoms with van der Waals surface area (Å²) in [5.41, 5.74) is 1.03. The lowest BCUT2D eigenvalue weighted by Crippen LogP contribution is -2.56. The van der Waals surface area contributed by atoms with E-state index in [1.807, 2.05) is 24.3 Å². The molecule has 1 atom stereocenters. The van der Waals surface area contributed by atoms with E-state index in [0.717, 1.165) is 23.3 Å². The molecule has 0 heterocycles. The zero-order valence-electron chi connectivity index (χ0n) is 17.4. The molecule has 1 amide bonds. The molecule has 4 saturated carbocycles. The fraction of sp³-hybridized carbons (Fsp3) is 0.583. The number of hydrogen-bond acceptors (Lipinski definition) is 4. The Kier molecular flexibility index (Phi) is 5.66. The fourth-order valence-electron chi connectivity index (χ4n) is 6.29. The van der Waals surface area contributed by atoms with E-state index in [1.54, 1.807) is 13.2 Å². The number of nitrogens with one attached hydrogen (secondary N) is 1. The van der Waals surface area contributed by atoms with E-state index in [1.165, 1.54) is 44.6 Å². The van der Waals surface area contributed by atoms with Gasteiger partial charge in [-0.25, -0.2) is 4.79 Å². The Morgan fingerprint density at radius 3 is 2.38 bits per heavy atom. The van der Waals surface area contributed by atoms with Gasteiger partial charge in [0.1, 0.15) is 5.75 Å². The summed E-state index contributed by atoms with van der Waals surface area (Å²) < 4.78 is 10.4. The monoisotopic (exact) mass is 397 g/mol. The molecule has 0 aromatic heterocycles. The van der Waals surface area contributed by atoms with E-state index in [9.17, 15) is 9.59 Å². The molecule has 0 spiro atoms. The average molecular weight is 398 g/mol. The zero-order valence-corrected chi connectivity index (χ0v) is 17.4. The molecule has 4 bridgehead atoms. The molecule has 4 aliphatic carbocycles. The molecule has 5 nitrogen and oxygen atoms in total. The molecule has 0 aliphatic heterocycles. The number of amides is 1. The smallest absolute Gasteiger partial charge is 0.331 e. The second-order valence-corrected chi connectivity index (χ2v) is 9.25. The summed E-state index contributed by atoms with van der Waals surface area (Å²) in [5, 5.41) is 3.12. The standard InChI is InChI=1S/C24H31NO4/c1-16(24-12-17-9-18(13-24)11-19(10-17)14-24)25-22(26)15-29-23(27)8-7-20-5-3-4-6-21(20)28-2/h3-8,16-19H,9-15H2,1-2H3,(H,25,26)/b8-7+/t16-,17?,18?,19?,24?/m1/s1. The SMILES string of the molecule is COc1ccccc1/C=C/C(=O)OCC(=O)N[C@H](C)C12CC3CC(CC(C3)C1)C2. The highest BCUT2D eigenvalue weighted by Gasteiger charge is 2.53. The van der Waals surface area contributed by atoms with Gasteiger partial charge >= 0.3 is 5.97 Å². The normalized spacial score (nSPS) is 30.9. The van der Waals surface area contributed by atoms with Crippen molar-refractivity contribution in [3.63, 3.8) is 0 Å². The topological polar surface area (TPSA) is 64.6 Å². The van der Waals surface area contributed by atoms with Crippen LogP contribution in [0, 0.1) is 23.2 Å². The first kappa shape index (κ1) is 20.0. The number of benzene rings is 1. The first-order valence-electron chi connectivity index (χ1n) is 10.7. The zero-order chi connectivity index (χ0) is 20.4. The summed E-state index contributed by atoms with van der Waals surface area (Å²) >= 11 is 0. The molecule has 1 aromatic rings. The number of hydrogen-bond donors (Lipinski definition) is 1. The van der Waals surface area contributed by atoms with Gasteiger partial charge in [0.25, 0.3) is 5.91 Å². The largest absolute Gasteiger partial charge is 0.496 e. The summed E-state index contributed by atoms with van der Waals surface area (Å²) in [6.07, 6.45) is 10.8. The van der Waals surface area contributed by atoms with E-state index in [-0.39, 0.29) is 24.0 Å². The van der Waals surface area contributed by atoms with Crippen LogP contribution in [0.3, 0.4) is 0 Å². The maximum Gasteiger partial charge on any atom is 0.331 e. The van der Waals surface area contributed by atoms with Crippen LogP contribution in [0.4, 0.5) is 0 Å². The Morgan fingerprint density at radius 1 is 1.14 bits per heavy atom. The van der Waals surface area contributed by atoms with E-state index < -0.39 is 5.97 Å². The third kappa shape index (κ3) is 4.34. The van der Waals surface area contributed by atoms with Crippen LogP contribution in [0.15, 0.2) is 30.3 Å². The molecule has 5 heteroatoms. The van der Waals surface area contributed by atoms with Crippen molar-refractivity contribution in [2.75, 3.05) is 13.7 Å². The lowest BCUT2D eigenvalue weighted by Gasteiger charge is -2.59. The van der Waals surface area contributed by atoms with Crippen molar-refractivity contribution in [3.8, 4) is 5.75 Å². The first-order chi connectivity index (χ1) is 14.0. The number of carbonyl (C=O) groups is 2. The van der Waals surface area contributed by atoms with Crippen molar-refractivity contribution in [1.82, 2.24) is 5.32 Å². The van der Waals surface area contributed by atoms with Crippen molar-refractivity contribution >= 4 is 18.0 Å². The Labute approximate surface area is 172 Å². The van der Waals surface area contributed by atoms with Crippen LogP contribution in [0.1, 0.15) is 51.0 Å². The first-order valence-corrected chi connectivity index (χ1v) is 10.7. The van der Waals surface area contributed by atoms with Gasteiger partial charge in [-0.2, -0.15) is 0 Å². The number of esters is 1. The van der Waals surface area contributed by atoms with Crippen LogP contribution in [-0.2, 0) is 14.3 Å². The van der Waals surface area contributed by atoms with Gasteiger partial charge in [-0.15, -0.1) is 0 Å². The highest BCUT2D eigenvalue weighted by atomic mass is 16.5. The summed E-state index contributed by atoms with van der Waals surface area (Å²) in [7, 11) is 1.58. The molecule has 4 fully saturated rings. The quantitative estimate of drug-likeness (QED) is 0.558. The Bertz CT molecular complexity index is 765. The molecule has 0 unspecified atom stereocenters. The molecule has 5 rings (SSSR count). The van der Waals surface area contributed by atoms with Crippen molar-refractivity contribution in [2.45, 2.75) is 51.5 Å². The molecule has 29 heavy (non-hydrogen) atoms. The number of rotatable bonds is 7. The second kappa shape index (κ2) is 8.21. The highest BCUT2D eigenvalue weighted by Crippen LogP contribution is 2.61. The van der Waals surface area contributed by atoms with E-state index >= 15 is 0 Å². The minimum atomic E-state index is -0.534. The number of carbonyl (C=O) groups excluding carboxylic acids is 2. The van der Waals surface area contributed by atoms with Gasteiger partial charge in [0.05, 0.1) is 7.11 Å². The predicted octanol–water partition coefficient (Wildman–Crippen LogP) is 3.97. The Hall–Kier alpha value is -2.30. The van der Waals surface area contributed by atoms with Crippen LogP contribution in [-0.4, -0.2) is 31.6 Å². The molecular formula is C24H31NO4. The Balaban J connectivity index is 1.27. The van der Waals surface area contributed by atoms with Gasteiger partial charge < -0.3 is 14.8 Å². The van der Waals surface area contributed by atoms with E-state index in [4.69, 9.17) is 9.47 Å². The second-order valence-electron chi connectivity index (χ2n) is 9.25. The van der Waals surface area contributed by atoms with Gasteiger partial charge in [0.15, 0.2) is 6.61 Å². The van der Waals surface area contributed by atoms with Gasteiger partial charge in [-0.1, -0.05) is 18.2 Å². The average Bonchev–Trinajstić information content (AvgIpc) is 2.70. The number of para-hydroxylation sites is 1. The predicted molar refractivity (Wildman–Crippen MR) is 111 cm³/mol. The van der Waals surface area contributed by atoms with Crippen molar-refractivity contribution in [2.24, 2.45) is 23.2 Å². The molecule has 156 valence electrons. The molecule has 0 radical (unpaired) electrons. The third-order valence-corrected chi connectivity index (χ3v) is 7.27. The maximum absolute atomic E-state index is 12.4. The molecular weight excluding hydrogens is 366 g/mol. The summed E-state index contributed by atoms with van der Waals surface area (Å²) in [6.45, 7) is 1.89.